The standard InChI is InChI=1S/C19H22N2O4/c1-4-11(2)21-18(12-9-15(22)17(23)16(10-12)25-3)20-14-8-6-5-7-13(14)19(21)24/h5-11,18,20,22-23H,4H2,1-3H3/t11-,18+/m1/s1. The summed E-state index contributed by atoms with van der Waals surface area (Å²) in [6.45, 7) is 4.00. The van der Waals surface area contributed by atoms with Gasteiger partial charge in [-0.15, -0.1) is 0 Å². The first-order valence-electron chi connectivity index (χ1n) is 8.26. The van der Waals surface area contributed by atoms with Crippen LogP contribution in [0.4, 0.5) is 5.69 Å². The number of hydrogen-bond acceptors (Lipinski definition) is 5. The largest absolute Gasteiger partial charge is 0.504 e. The number of methoxy groups -OCH3 is 1. The number of rotatable bonds is 4. The van der Waals surface area contributed by atoms with Crippen molar-refractivity contribution in [3.05, 3.63) is 47.5 Å². The zero-order valence-corrected chi connectivity index (χ0v) is 14.5. The maximum absolute atomic E-state index is 13.0. The number of fused-ring (bicyclic) bond motifs is 1. The number of benzene rings is 2. The van der Waals surface area contributed by atoms with Gasteiger partial charge in [0.15, 0.2) is 11.5 Å². The summed E-state index contributed by atoms with van der Waals surface area (Å²) >= 11 is 0. The van der Waals surface area contributed by atoms with Crippen LogP contribution in [0.5, 0.6) is 17.2 Å². The normalized spacial score (nSPS) is 17.6. The summed E-state index contributed by atoms with van der Waals surface area (Å²) in [6, 6.07) is 10.4. The van der Waals surface area contributed by atoms with E-state index in [1.165, 1.54) is 13.2 Å². The Bertz CT molecular complexity index is 806. The number of carbonyl (C=O) groups is 1. The first-order valence-corrected chi connectivity index (χ1v) is 8.26. The third-order valence-electron chi connectivity index (χ3n) is 4.64. The van der Waals surface area contributed by atoms with Crippen molar-refractivity contribution in [1.82, 2.24) is 4.90 Å². The summed E-state index contributed by atoms with van der Waals surface area (Å²) in [7, 11) is 1.42. The van der Waals surface area contributed by atoms with E-state index in [1.807, 2.05) is 32.0 Å². The van der Waals surface area contributed by atoms with E-state index in [2.05, 4.69) is 5.32 Å². The maximum Gasteiger partial charge on any atom is 0.258 e. The van der Waals surface area contributed by atoms with Crippen LogP contribution in [0, 0.1) is 0 Å². The smallest absolute Gasteiger partial charge is 0.258 e. The molecule has 2 aromatic carbocycles. The van der Waals surface area contributed by atoms with Crippen LogP contribution in [0.25, 0.3) is 0 Å². The molecule has 0 unspecified atom stereocenters. The Morgan fingerprint density at radius 2 is 2.00 bits per heavy atom. The maximum atomic E-state index is 13.0. The van der Waals surface area contributed by atoms with Gasteiger partial charge in [0.1, 0.15) is 6.17 Å². The Kier molecular flexibility index (Phi) is 4.44. The highest BCUT2D eigenvalue weighted by atomic mass is 16.5. The highest BCUT2D eigenvalue weighted by Crippen LogP contribution is 2.42. The van der Waals surface area contributed by atoms with Gasteiger partial charge in [-0.1, -0.05) is 19.1 Å². The molecule has 2 aromatic rings. The second kappa shape index (κ2) is 6.55. The lowest BCUT2D eigenvalue weighted by Crippen LogP contribution is -2.47. The van der Waals surface area contributed by atoms with Gasteiger partial charge in [0.2, 0.25) is 5.75 Å². The summed E-state index contributed by atoms with van der Waals surface area (Å²) in [5.41, 5.74) is 1.99. The zero-order chi connectivity index (χ0) is 18.1. The van der Waals surface area contributed by atoms with Crippen molar-refractivity contribution < 1.29 is 19.7 Å². The molecule has 25 heavy (non-hydrogen) atoms. The molecule has 0 spiro atoms. The summed E-state index contributed by atoms with van der Waals surface area (Å²) in [4.78, 5) is 14.8. The Balaban J connectivity index is 2.13. The molecule has 0 radical (unpaired) electrons. The van der Waals surface area contributed by atoms with Crippen LogP contribution in [0.1, 0.15) is 42.4 Å². The molecular formula is C19H22N2O4. The SMILES string of the molecule is CC[C@@H](C)N1C(=O)c2ccccc2N[C@@H]1c1cc(O)c(O)c(OC)c1. The Morgan fingerprint density at radius 1 is 1.28 bits per heavy atom. The fourth-order valence-electron chi connectivity index (χ4n) is 3.09. The highest BCUT2D eigenvalue weighted by Gasteiger charge is 2.36. The number of phenols is 2. The number of para-hydroxylation sites is 1. The molecule has 6 nitrogen and oxygen atoms in total. The van der Waals surface area contributed by atoms with Crippen molar-refractivity contribution in [2.75, 3.05) is 12.4 Å². The number of anilines is 1. The van der Waals surface area contributed by atoms with Crippen molar-refractivity contribution in [3.63, 3.8) is 0 Å². The number of hydrogen-bond donors (Lipinski definition) is 3. The van der Waals surface area contributed by atoms with E-state index < -0.39 is 6.17 Å². The van der Waals surface area contributed by atoms with E-state index in [-0.39, 0.29) is 29.2 Å². The molecule has 0 aromatic heterocycles. The van der Waals surface area contributed by atoms with E-state index in [0.717, 1.165) is 12.1 Å². The number of phenolic OH excluding ortho intramolecular Hbond substituents is 2. The van der Waals surface area contributed by atoms with Crippen LogP contribution in [0.15, 0.2) is 36.4 Å². The molecule has 1 amide bonds. The van der Waals surface area contributed by atoms with Crippen LogP contribution < -0.4 is 10.1 Å². The molecule has 2 atom stereocenters. The van der Waals surface area contributed by atoms with Gasteiger partial charge in [0.05, 0.1) is 12.7 Å². The van der Waals surface area contributed by atoms with Crippen LogP contribution in [-0.2, 0) is 0 Å². The number of amides is 1. The van der Waals surface area contributed by atoms with Gasteiger partial charge < -0.3 is 25.2 Å². The second-order valence-corrected chi connectivity index (χ2v) is 6.15. The number of nitrogens with one attached hydrogen (secondary N) is 1. The van der Waals surface area contributed by atoms with Gasteiger partial charge in [0.25, 0.3) is 5.91 Å². The molecule has 6 heteroatoms. The molecule has 0 bridgehead atoms. The molecule has 3 N–H and O–H groups in total. The molecule has 0 fully saturated rings. The van der Waals surface area contributed by atoms with Crippen molar-refractivity contribution >= 4 is 11.6 Å². The van der Waals surface area contributed by atoms with E-state index >= 15 is 0 Å². The first-order chi connectivity index (χ1) is 12.0. The molecule has 0 aliphatic carbocycles. The lowest BCUT2D eigenvalue weighted by atomic mass is 10.00. The highest BCUT2D eigenvalue weighted by molar-refractivity contribution is 6.01. The monoisotopic (exact) mass is 342 g/mol. The number of nitrogens with zero attached hydrogens (tertiary/aromatic N) is 1. The summed E-state index contributed by atoms with van der Waals surface area (Å²) in [6.07, 6.45) is 0.311. The third-order valence-corrected chi connectivity index (χ3v) is 4.64. The van der Waals surface area contributed by atoms with Gasteiger partial charge in [-0.3, -0.25) is 4.79 Å². The number of carbonyl (C=O) groups excluding carboxylic acids is 1. The molecule has 132 valence electrons. The fourth-order valence-corrected chi connectivity index (χ4v) is 3.09. The van der Waals surface area contributed by atoms with Crippen molar-refractivity contribution in [1.29, 1.82) is 0 Å². The third kappa shape index (κ3) is 2.84. The molecule has 1 aliphatic rings. The van der Waals surface area contributed by atoms with Gasteiger partial charge in [-0.2, -0.15) is 0 Å². The minimum Gasteiger partial charge on any atom is -0.504 e. The lowest BCUT2D eigenvalue weighted by molar-refractivity contribution is 0.0593. The summed E-state index contributed by atoms with van der Waals surface area (Å²) < 4.78 is 5.13. The van der Waals surface area contributed by atoms with E-state index in [1.54, 1.807) is 17.0 Å². The molecule has 3 rings (SSSR count). The van der Waals surface area contributed by atoms with Crippen LogP contribution in [0.3, 0.4) is 0 Å². The first kappa shape index (κ1) is 17.0. The number of aromatic hydroxyl groups is 2. The Hall–Kier alpha value is -2.89. The van der Waals surface area contributed by atoms with Gasteiger partial charge in [-0.05, 0) is 37.6 Å². The predicted octanol–water partition coefficient (Wildman–Crippen LogP) is 3.47. The lowest BCUT2D eigenvalue weighted by Gasteiger charge is -2.41. The average molecular weight is 342 g/mol. The number of ether oxygens (including phenoxy) is 1. The summed E-state index contributed by atoms with van der Waals surface area (Å²) in [5.74, 6) is -0.511. The minimum atomic E-state index is -0.474. The van der Waals surface area contributed by atoms with Gasteiger partial charge in [0, 0.05) is 17.3 Å². The average Bonchev–Trinajstić information content (AvgIpc) is 2.63. The van der Waals surface area contributed by atoms with Crippen LogP contribution >= 0.6 is 0 Å². The van der Waals surface area contributed by atoms with Crippen molar-refractivity contribution in [2.24, 2.45) is 0 Å². The molecule has 1 heterocycles. The fraction of sp³-hybridized carbons (Fsp3) is 0.316. The van der Waals surface area contributed by atoms with Crippen molar-refractivity contribution in [2.45, 2.75) is 32.5 Å². The van der Waals surface area contributed by atoms with E-state index in [4.69, 9.17) is 4.74 Å². The predicted molar refractivity (Wildman–Crippen MR) is 95.1 cm³/mol. The quantitative estimate of drug-likeness (QED) is 0.741. The van der Waals surface area contributed by atoms with Gasteiger partial charge >= 0.3 is 0 Å². The molecule has 0 saturated heterocycles. The van der Waals surface area contributed by atoms with E-state index in [9.17, 15) is 15.0 Å². The Morgan fingerprint density at radius 3 is 2.68 bits per heavy atom. The van der Waals surface area contributed by atoms with Crippen LogP contribution in [-0.4, -0.2) is 34.2 Å². The zero-order valence-electron chi connectivity index (χ0n) is 14.5. The minimum absolute atomic E-state index is 0.0136. The summed E-state index contributed by atoms with van der Waals surface area (Å²) in [5, 5.41) is 23.3. The molecule has 1 aliphatic heterocycles. The van der Waals surface area contributed by atoms with Gasteiger partial charge in [-0.25, -0.2) is 0 Å². The van der Waals surface area contributed by atoms with Crippen molar-refractivity contribution in [3.8, 4) is 17.2 Å². The van der Waals surface area contributed by atoms with Crippen LogP contribution in [0.2, 0.25) is 0 Å². The topological polar surface area (TPSA) is 82.0 Å². The molecular weight excluding hydrogens is 320 g/mol. The van der Waals surface area contributed by atoms with E-state index in [0.29, 0.717) is 11.1 Å². The second-order valence-electron chi connectivity index (χ2n) is 6.15. The molecule has 0 saturated carbocycles. The Labute approximate surface area is 146 Å².